The monoisotopic (exact) mass is 299 g/mol. The fourth-order valence-corrected chi connectivity index (χ4v) is 3.47. The highest BCUT2D eigenvalue weighted by Gasteiger charge is 2.12. The Morgan fingerprint density at radius 3 is 2.22 bits per heavy atom. The topological polar surface area (TPSA) is 4.93 Å². The molecular weight excluding hydrogens is 278 g/mol. The molecule has 114 valence electrons. The molecular formula is C22H21N. The molecule has 1 nitrogen and oxygen atoms in total. The summed E-state index contributed by atoms with van der Waals surface area (Å²) in [7, 11) is 0. The summed E-state index contributed by atoms with van der Waals surface area (Å²) in [5, 5.41) is 2.65. The van der Waals surface area contributed by atoms with Crippen LogP contribution in [0.4, 0.5) is 0 Å². The zero-order valence-electron chi connectivity index (χ0n) is 13.7. The van der Waals surface area contributed by atoms with E-state index in [4.69, 9.17) is 0 Å². The van der Waals surface area contributed by atoms with E-state index in [1.807, 2.05) is 0 Å². The van der Waals surface area contributed by atoms with Crippen LogP contribution in [0.25, 0.3) is 27.5 Å². The minimum Gasteiger partial charge on any atom is -0.309 e. The van der Waals surface area contributed by atoms with Gasteiger partial charge in [0, 0.05) is 16.5 Å². The van der Waals surface area contributed by atoms with E-state index < -0.39 is 0 Å². The molecule has 3 aromatic carbocycles. The molecule has 0 aliphatic carbocycles. The van der Waals surface area contributed by atoms with E-state index in [9.17, 15) is 0 Å². The van der Waals surface area contributed by atoms with Gasteiger partial charge in [-0.3, -0.25) is 0 Å². The predicted molar refractivity (Wildman–Crippen MR) is 99.3 cm³/mol. The van der Waals surface area contributed by atoms with Gasteiger partial charge >= 0.3 is 0 Å². The van der Waals surface area contributed by atoms with Crippen LogP contribution in [0, 0.1) is 5.92 Å². The molecule has 1 heteroatoms. The summed E-state index contributed by atoms with van der Waals surface area (Å²) in [5.41, 5.74) is 5.21. The van der Waals surface area contributed by atoms with Gasteiger partial charge in [0.25, 0.3) is 0 Å². The van der Waals surface area contributed by atoms with Crippen molar-refractivity contribution in [1.29, 1.82) is 0 Å². The van der Waals surface area contributed by atoms with Crippen molar-refractivity contribution in [3.8, 4) is 5.69 Å². The van der Waals surface area contributed by atoms with Crippen LogP contribution >= 0.6 is 0 Å². The highest BCUT2D eigenvalue weighted by atomic mass is 15.0. The molecule has 0 radical (unpaired) electrons. The number of rotatable bonds is 3. The van der Waals surface area contributed by atoms with Crippen LogP contribution in [0.2, 0.25) is 0 Å². The highest BCUT2D eigenvalue weighted by molar-refractivity contribution is 6.09. The number of aromatic nitrogens is 1. The molecule has 4 rings (SSSR count). The summed E-state index contributed by atoms with van der Waals surface area (Å²) in [5.74, 6) is 0.669. The molecule has 1 heterocycles. The first-order valence-corrected chi connectivity index (χ1v) is 8.31. The molecule has 0 aliphatic heterocycles. The van der Waals surface area contributed by atoms with Crippen molar-refractivity contribution in [1.82, 2.24) is 4.57 Å². The third kappa shape index (κ3) is 2.43. The van der Waals surface area contributed by atoms with Crippen molar-refractivity contribution in [3.05, 3.63) is 78.4 Å². The summed E-state index contributed by atoms with van der Waals surface area (Å²) >= 11 is 0. The molecule has 0 amide bonds. The van der Waals surface area contributed by atoms with Gasteiger partial charge in [-0.15, -0.1) is 0 Å². The molecule has 0 unspecified atom stereocenters. The summed E-state index contributed by atoms with van der Waals surface area (Å²) in [6.45, 7) is 4.55. The molecule has 0 spiro atoms. The Labute approximate surface area is 137 Å². The van der Waals surface area contributed by atoms with Crippen molar-refractivity contribution in [2.24, 2.45) is 5.92 Å². The van der Waals surface area contributed by atoms with E-state index in [1.54, 1.807) is 0 Å². The number of nitrogens with zero attached hydrogens (tertiary/aromatic N) is 1. The summed E-state index contributed by atoms with van der Waals surface area (Å²) < 4.78 is 2.38. The standard InChI is InChI=1S/C22H21N/c1-16(2)14-17-12-13-20-19-10-6-7-11-21(19)23(22(20)15-17)18-8-4-3-5-9-18/h3-13,15-16H,14H2,1-2H3. The molecule has 23 heavy (non-hydrogen) atoms. The van der Waals surface area contributed by atoms with E-state index in [-0.39, 0.29) is 0 Å². The van der Waals surface area contributed by atoms with Crippen LogP contribution in [-0.2, 0) is 6.42 Å². The zero-order valence-corrected chi connectivity index (χ0v) is 13.7. The number of hydrogen-bond acceptors (Lipinski definition) is 0. The fourth-order valence-electron chi connectivity index (χ4n) is 3.47. The minimum absolute atomic E-state index is 0.669. The third-order valence-corrected chi connectivity index (χ3v) is 4.40. The lowest BCUT2D eigenvalue weighted by Gasteiger charge is -2.09. The van der Waals surface area contributed by atoms with Crippen LogP contribution in [0.1, 0.15) is 19.4 Å². The number of hydrogen-bond donors (Lipinski definition) is 0. The maximum Gasteiger partial charge on any atom is 0.0543 e. The van der Waals surface area contributed by atoms with Crippen LogP contribution in [0.3, 0.4) is 0 Å². The number of fused-ring (bicyclic) bond motifs is 3. The van der Waals surface area contributed by atoms with E-state index in [1.165, 1.54) is 33.1 Å². The second-order valence-corrected chi connectivity index (χ2v) is 6.64. The first-order chi connectivity index (χ1) is 11.2. The normalized spacial score (nSPS) is 11.6. The van der Waals surface area contributed by atoms with Gasteiger partial charge in [-0.05, 0) is 42.2 Å². The Morgan fingerprint density at radius 2 is 1.43 bits per heavy atom. The fraction of sp³-hybridized carbons (Fsp3) is 0.182. The van der Waals surface area contributed by atoms with Crippen molar-refractivity contribution < 1.29 is 0 Å². The maximum absolute atomic E-state index is 2.38. The van der Waals surface area contributed by atoms with Gasteiger partial charge in [0.2, 0.25) is 0 Å². The lowest BCUT2D eigenvalue weighted by atomic mass is 10.0. The minimum atomic E-state index is 0.669. The van der Waals surface area contributed by atoms with E-state index in [0.29, 0.717) is 5.92 Å². The Morgan fingerprint density at radius 1 is 0.739 bits per heavy atom. The average Bonchev–Trinajstić information content (AvgIpc) is 2.88. The van der Waals surface area contributed by atoms with Crippen molar-refractivity contribution in [2.75, 3.05) is 0 Å². The van der Waals surface area contributed by atoms with Crippen LogP contribution < -0.4 is 0 Å². The quantitative estimate of drug-likeness (QED) is 0.438. The number of para-hydroxylation sites is 2. The van der Waals surface area contributed by atoms with Gasteiger partial charge < -0.3 is 4.57 Å². The summed E-state index contributed by atoms with van der Waals surface area (Å²) in [6.07, 6.45) is 1.12. The lowest BCUT2D eigenvalue weighted by Crippen LogP contribution is -1.96. The Balaban J connectivity index is 2.07. The van der Waals surface area contributed by atoms with Crippen molar-refractivity contribution in [3.63, 3.8) is 0 Å². The molecule has 0 saturated carbocycles. The van der Waals surface area contributed by atoms with Crippen LogP contribution in [-0.4, -0.2) is 4.57 Å². The SMILES string of the molecule is CC(C)Cc1ccc2c3ccccc3n(-c3ccccc3)c2c1. The third-order valence-electron chi connectivity index (χ3n) is 4.40. The van der Waals surface area contributed by atoms with Gasteiger partial charge in [0.15, 0.2) is 0 Å². The lowest BCUT2D eigenvalue weighted by molar-refractivity contribution is 0.647. The predicted octanol–water partition coefficient (Wildman–Crippen LogP) is 5.98. The Kier molecular flexibility index (Phi) is 3.42. The highest BCUT2D eigenvalue weighted by Crippen LogP contribution is 2.32. The molecule has 0 bridgehead atoms. The molecule has 0 atom stereocenters. The average molecular weight is 299 g/mol. The Bertz CT molecular complexity index is 961. The zero-order chi connectivity index (χ0) is 15.8. The second-order valence-electron chi connectivity index (χ2n) is 6.64. The van der Waals surface area contributed by atoms with Crippen molar-refractivity contribution in [2.45, 2.75) is 20.3 Å². The van der Waals surface area contributed by atoms with Gasteiger partial charge in [0.1, 0.15) is 0 Å². The van der Waals surface area contributed by atoms with E-state index in [2.05, 4.69) is 91.2 Å². The van der Waals surface area contributed by atoms with Gasteiger partial charge in [-0.1, -0.05) is 62.4 Å². The molecule has 0 saturated heterocycles. The molecule has 4 aromatic rings. The first-order valence-electron chi connectivity index (χ1n) is 8.31. The Hall–Kier alpha value is -2.54. The van der Waals surface area contributed by atoms with Crippen LogP contribution in [0.5, 0.6) is 0 Å². The summed E-state index contributed by atoms with van der Waals surface area (Å²) in [4.78, 5) is 0. The van der Waals surface area contributed by atoms with Gasteiger partial charge in [-0.2, -0.15) is 0 Å². The smallest absolute Gasteiger partial charge is 0.0543 e. The molecule has 0 aliphatic rings. The number of benzene rings is 3. The van der Waals surface area contributed by atoms with E-state index >= 15 is 0 Å². The van der Waals surface area contributed by atoms with E-state index in [0.717, 1.165) is 6.42 Å². The molecule has 0 N–H and O–H groups in total. The molecule has 1 aromatic heterocycles. The van der Waals surface area contributed by atoms with Gasteiger partial charge in [0.05, 0.1) is 11.0 Å². The molecule has 0 fully saturated rings. The maximum atomic E-state index is 2.38. The summed E-state index contributed by atoms with van der Waals surface area (Å²) in [6, 6.07) is 26.3. The van der Waals surface area contributed by atoms with Crippen LogP contribution in [0.15, 0.2) is 72.8 Å². The second kappa shape index (κ2) is 5.58. The van der Waals surface area contributed by atoms with Crippen molar-refractivity contribution >= 4 is 21.8 Å². The van der Waals surface area contributed by atoms with Gasteiger partial charge in [-0.25, -0.2) is 0 Å². The first kappa shape index (κ1) is 14.1. The largest absolute Gasteiger partial charge is 0.309 e.